The first-order valence-electron chi connectivity index (χ1n) is 8.97. The van der Waals surface area contributed by atoms with E-state index in [0.29, 0.717) is 11.1 Å². The number of halogens is 3. The van der Waals surface area contributed by atoms with Gasteiger partial charge in [0, 0.05) is 28.9 Å². The van der Waals surface area contributed by atoms with Gasteiger partial charge >= 0.3 is 6.18 Å². The summed E-state index contributed by atoms with van der Waals surface area (Å²) in [5.41, 5.74) is -1.55. The fourth-order valence-corrected chi connectivity index (χ4v) is 2.87. The van der Waals surface area contributed by atoms with Crippen molar-refractivity contribution < 1.29 is 23.1 Å². The van der Waals surface area contributed by atoms with Gasteiger partial charge in [-0.25, -0.2) is 4.98 Å². The summed E-state index contributed by atoms with van der Waals surface area (Å²) in [6.45, 7) is 7.02. The molecule has 154 valence electrons. The third-order valence-electron chi connectivity index (χ3n) is 4.37. The second-order valence-electron chi connectivity index (χ2n) is 7.58. The zero-order valence-corrected chi connectivity index (χ0v) is 16.4. The van der Waals surface area contributed by atoms with Crippen molar-refractivity contribution >= 4 is 22.5 Å². The van der Waals surface area contributed by atoms with Crippen molar-refractivity contribution in [3.63, 3.8) is 0 Å². The molecule has 1 amide bonds. The number of hydrogen-bond donors (Lipinski definition) is 2. The van der Waals surface area contributed by atoms with Gasteiger partial charge in [-0.2, -0.15) is 18.3 Å². The highest BCUT2D eigenvalue weighted by atomic mass is 19.4. The quantitative estimate of drug-likeness (QED) is 0.668. The zero-order valence-electron chi connectivity index (χ0n) is 16.4. The lowest BCUT2D eigenvalue weighted by Crippen LogP contribution is -2.22. The second kappa shape index (κ2) is 7.14. The molecule has 0 aliphatic heterocycles. The molecule has 3 rings (SSSR count). The lowest BCUT2D eigenvalue weighted by molar-refractivity contribution is -0.141. The molecule has 29 heavy (non-hydrogen) atoms. The van der Waals surface area contributed by atoms with Crippen LogP contribution in [0.15, 0.2) is 36.5 Å². The van der Waals surface area contributed by atoms with Gasteiger partial charge in [0.2, 0.25) is 0 Å². The van der Waals surface area contributed by atoms with Crippen LogP contribution in [-0.4, -0.2) is 25.8 Å². The Morgan fingerprint density at radius 3 is 2.48 bits per heavy atom. The molecule has 0 radical (unpaired) electrons. The molecule has 0 fully saturated rings. The number of rotatable bonds is 4. The van der Waals surface area contributed by atoms with Crippen molar-refractivity contribution in [1.82, 2.24) is 14.8 Å². The van der Waals surface area contributed by atoms with Crippen molar-refractivity contribution in [1.29, 1.82) is 0 Å². The Hall–Kier alpha value is -2.94. The van der Waals surface area contributed by atoms with Crippen LogP contribution in [0, 0.1) is 0 Å². The Morgan fingerprint density at radius 1 is 1.21 bits per heavy atom. The molecule has 9 heteroatoms. The number of nitrogens with zero attached hydrogens (tertiary/aromatic N) is 3. The highest BCUT2D eigenvalue weighted by Crippen LogP contribution is 2.33. The van der Waals surface area contributed by atoms with Crippen molar-refractivity contribution in [3.05, 3.63) is 53.5 Å². The fraction of sp³-hybridized carbons (Fsp3) is 0.350. The number of carbonyl (C=O) groups excluding carboxylic acids is 1. The Morgan fingerprint density at radius 2 is 1.90 bits per heavy atom. The van der Waals surface area contributed by atoms with Crippen LogP contribution in [0.4, 0.5) is 18.9 Å². The van der Waals surface area contributed by atoms with Crippen molar-refractivity contribution in [2.75, 3.05) is 5.32 Å². The highest BCUT2D eigenvalue weighted by molar-refractivity contribution is 6.04. The maximum atomic E-state index is 12.9. The summed E-state index contributed by atoms with van der Waals surface area (Å²) in [5.74, 6) is -0.808. The summed E-state index contributed by atoms with van der Waals surface area (Å²) in [6, 6.07) is 6.52. The van der Waals surface area contributed by atoms with E-state index in [1.807, 2.05) is 13.8 Å². The largest absolute Gasteiger partial charge is 0.433 e. The third-order valence-corrected chi connectivity index (χ3v) is 4.37. The van der Waals surface area contributed by atoms with Crippen LogP contribution in [0.25, 0.3) is 10.9 Å². The summed E-state index contributed by atoms with van der Waals surface area (Å²) in [4.78, 5) is 16.0. The minimum absolute atomic E-state index is 0.111. The van der Waals surface area contributed by atoms with Crippen LogP contribution in [0.3, 0.4) is 0 Å². The molecule has 3 aromatic rings. The monoisotopic (exact) mass is 406 g/mol. The number of pyridine rings is 1. The predicted molar refractivity (Wildman–Crippen MR) is 103 cm³/mol. The lowest BCUT2D eigenvalue weighted by atomic mass is 9.95. The summed E-state index contributed by atoms with van der Waals surface area (Å²) in [6.07, 6.45) is -2.86. The number of hydrogen-bond acceptors (Lipinski definition) is 4. The first-order chi connectivity index (χ1) is 13.4. The van der Waals surface area contributed by atoms with Gasteiger partial charge in [-0.05, 0) is 52.0 Å². The van der Waals surface area contributed by atoms with Gasteiger partial charge < -0.3 is 10.4 Å². The van der Waals surface area contributed by atoms with Gasteiger partial charge in [-0.1, -0.05) is 6.07 Å². The van der Waals surface area contributed by atoms with Crippen LogP contribution < -0.4 is 5.32 Å². The van der Waals surface area contributed by atoms with E-state index in [1.54, 1.807) is 36.9 Å². The number of anilines is 1. The smallest absolute Gasteiger partial charge is 0.386 e. The van der Waals surface area contributed by atoms with E-state index in [-0.39, 0.29) is 17.4 Å². The topological polar surface area (TPSA) is 80.0 Å². The maximum absolute atomic E-state index is 12.9. The average Bonchev–Trinajstić information content (AvgIpc) is 3.03. The second-order valence-corrected chi connectivity index (χ2v) is 7.58. The fourth-order valence-electron chi connectivity index (χ4n) is 2.87. The standard InChI is InChI=1S/C20H21F3N4O2/c1-11(2)27-10-12-8-16(13(19(3,4)29)9-15(12)26-27)25-18(28)14-6-5-7-17(24-14)20(21,22)23/h5-11,29H,1-4H3,(H,25,28). The van der Waals surface area contributed by atoms with E-state index in [0.717, 1.165) is 17.5 Å². The molecule has 2 N–H and O–H groups in total. The number of fused-ring (bicyclic) bond motifs is 1. The van der Waals surface area contributed by atoms with Crippen LogP contribution in [0.1, 0.15) is 55.5 Å². The maximum Gasteiger partial charge on any atom is 0.433 e. The van der Waals surface area contributed by atoms with E-state index in [1.165, 1.54) is 6.07 Å². The zero-order chi connectivity index (χ0) is 21.6. The van der Waals surface area contributed by atoms with Gasteiger partial charge in [0.15, 0.2) is 0 Å². The minimum Gasteiger partial charge on any atom is -0.386 e. The Bertz CT molecular complexity index is 1070. The summed E-state index contributed by atoms with van der Waals surface area (Å²) < 4.78 is 40.4. The molecule has 0 bridgehead atoms. The van der Waals surface area contributed by atoms with E-state index >= 15 is 0 Å². The SMILES string of the molecule is CC(C)n1cc2cc(NC(=O)c3cccc(C(F)(F)F)n3)c(C(C)(C)O)cc2n1. The lowest BCUT2D eigenvalue weighted by Gasteiger charge is -2.22. The Kier molecular flexibility index (Phi) is 5.12. The van der Waals surface area contributed by atoms with Crippen LogP contribution >= 0.6 is 0 Å². The molecule has 0 aliphatic carbocycles. The first-order valence-corrected chi connectivity index (χ1v) is 8.97. The average molecular weight is 406 g/mol. The number of aliphatic hydroxyl groups is 1. The van der Waals surface area contributed by atoms with Crippen molar-refractivity contribution in [2.45, 2.75) is 45.5 Å². The first kappa shape index (κ1) is 20.8. The molecule has 0 unspecified atom stereocenters. The summed E-state index contributed by atoms with van der Waals surface area (Å²) in [7, 11) is 0. The highest BCUT2D eigenvalue weighted by Gasteiger charge is 2.33. The van der Waals surface area contributed by atoms with Gasteiger partial charge in [0.05, 0.1) is 11.1 Å². The number of benzene rings is 1. The number of nitrogens with one attached hydrogen (secondary N) is 1. The number of alkyl halides is 3. The molecule has 0 atom stereocenters. The molecule has 0 aliphatic rings. The van der Waals surface area contributed by atoms with Crippen LogP contribution in [-0.2, 0) is 11.8 Å². The Labute approximate surface area is 165 Å². The molecule has 2 aromatic heterocycles. The van der Waals surface area contributed by atoms with E-state index in [9.17, 15) is 23.1 Å². The summed E-state index contributed by atoms with van der Waals surface area (Å²) in [5, 5.41) is 18.3. The predicted octanol–water partition coefficient (Wildman–Crippen LogP) is 4.51. The molecule has 6 nitrogen and oxygen atoms in total. The van der Waals surface area contributed by atoms with E-state index in [2.05, 4.69) is 15.4 Å². The molecule has 0 spiro atoms. The van der Waals surface area contributed by atoms with Gasteiger partial charge in [0.1, 0.15) is 11.4 Å². The van der Waals surface area contributed by atoms with Crippen LogP contribution in [0.5, 0.6) is 0 Å². The minimum atomic E-state index is -4.65. The number of aromatic nitrogens is 3. The third kappa shape index (κ3) is 4.40. The van der Waals surface area contributed by atoms with Crippen molar-refractivity contribution in [2.24, 2.45) is 0 Å². The molecular weight excluding hydrogens is 385 g/mol. The summed E-state index contributed by atoms with van der Waals surface area (Å²) >= 11 is 0. The van der Waals surface area contributed by atoms with Crippen LogP contribution in [0.2, 0.25) is 0 Å². The van der Waals surface area contributed by atoms with Gasteiger partial charge in [-0.3, -0.25) is 9.48 Å². The van der Waals surface area contributed by atoms with Gasteiger partial charge in [-0.15, -0.1) is 0 Å². The Balaban J connectivity index is 2.03. The molecule has 0 saturated heterocycles. The van der Waals surface area contributed by atoms with Gasteiger partial charge in [0.25, 0.3) is 5.91 Å². The van der Waals surface area contributed by atoms with E-state index in [4.69, 9.17) is 0 Å². The number of carbonyl (C=O) groups is 1. The normalized spacial score (nSPS) is 12.6. The molecule has 0 saturated carbocycles. The van der Waals surface area contributed by atoms with Crippen molar-refractivity contribution in [3.8, 4) is 0 Å². The van der Waals surface area contributed by atoms with E-state index < -0.39 is 23.4 Å². The molecule has 2 heterocycles. The number of amides is 1. The molecular formula is C20H21F3N4O2. The molecule has 1 aromatic carbocycles.